The number of ether oxygens (including phenoxy) is 1. The van der Waals surface area contributed by atoms with Crippen molar-refractivity contribution in [2.75, 3.05) is 18.9 Å². The van der Waals surface area contributed by atoms with Gasteiger partial charge in [0.05, 0.1) is 23.4 Å². The molecule has 3 aromatic rings. The quantitative estimate of drug-likeness (QED) is 0.634. The molecule has 0 saturated heterocycles. The second-order valence-electron chi connectivity index (χ2n) is 5.83. The number of hydrogen-bond acceptors (Lipinski definition) is 5. The van der Waals surface area contributed by atoms with E-state index < -0.39 is 23.0 Å². The molecule has 3 N–H and O–H groups in total. The van der Waals surface area contributed by atoms with Gasteiger partial charge in [-0.1, -0.05) is 0 Å². The molecule has 6 nitrogen and oxygen atoms in total. The minimum atomic E-state index is -1.02. The first-order chi connectivity index (χ1) is 13.4. The molecule has 0 bridgehead atoms. The number of pyridine rings is 1. The standard InChI is InChI=1S/C20H16F2N2O4/c21-12-1-6-15(17(22)11-12)19(27)16-7-8-18(26)24(20(16)23)13-2-4-14(5-3-13)28-10-9-25/h1-8,11,25H,9-10,23H2. The number of nitrogens with two attached hydrogens (primary N) is 1. The fourth-order valence-corrected chi connectivity index (χ4v) is 2.69. The van der Waals surface area contributed by atoms with Crippen LogP contribution in [-0.4, -0.2) is 28.7 Å². The van der Waals surface area contributed by atoms with Gasteiger partial charge in [-0.2, -0.15) is 0 Å². The fraction of sp³-hybridized carbons (Fsp3) is 0.100. The predicted molar refractivity (Wildman–Crippen MR) is 98.8 cm³/mol. The van der Waals surface area contributed by atoms with E-state index in [-0.39, 0.29) is 30.2 Å². The normalized spacial score (nSPS) is 10.7. The highest BCUT2D eigenvalue weighted by molar-refractivity contribution is 6.11. The van der Waals surface area contributed by atoms with Crippen molar-refractivity contribution in [2.45, 2.75) is 0 Å². The number of benzene rings is 2. The van der Waals surface area contributed by atoms with Crippen molar-refractivity contribution >= 4 is 11.6 Å². The van der Waals surface area contributed by atoms with E-state index in [2.05, 4.69) is 0 Å². The van der Waals surface area contributed by atoms with E-state index in [9.17, 15) is 18.4 Å². The Morgan fingerprint density at radius 2 is 1.71 bits per heavy atom. The van der Waals surface area contributed by atoms with Crippen LogP contribution in [0.3, 0.4) is 0 Å². The highest BCUT2D eigenvalue weighted by atomic mass is 19.1. The molecule has 2 aromatic carbocycles. The van der Waals surface area contributed by atoms with E-state index in [1.165, 1.54) is 6.07 Å². The smallest absolute Gasteiger partial charge is 0.256 e. The van der Waals surface area contributed by atoms with Gasteiger partial charge in [0.2, 0.25) is 0 Å². The summed E-state index contributed by atoms with van der Waals surface area (Å²) in [5, 5.41) is 8.78. The van der Waals surface area contributed by atoms with Crippen LogP contribution in [0.1, 0.15) is 15.9 Å². The molecule has 0 aliphatic rings. The number of aromatic nitrogens is 1. The van der Waals surface area contributed by atoms with Crippen molar-refractivity contribution in [1.29, 1.82) is 0 Å². The van der Waals surface area contributed by atoms with Crippen LogP contribution in [0.2, 0.25) is 0 Å². The van der Waals surface area contributed by atoms with Crippen LogP contribution in [0.5, 0.6) is 5.75 Å². The summed E-state index contributed by atoms with van der Waals surface area (Å²) in [6, 6.07) is 11.2. The lowest BCUT2D eigenvalue weighted by Crippen LogP contribution is -2.23. The van der Waals surface area contributed by atoms with Crippen LogP contribution < -0.4 is 16.0 Å². The van der Waals surface area contributed by atoms with Crippen molar-refractivity contribution in [3.63, 3.8) is 0 Å². The van der Waals surface area contributed by atoms with Gasteiger partial charge in [0.25, 0.3) is 5.56 Å². The molecule has 0 amide bonds. The molecule has 0 fully saturated rings. The molecule has 1 heterocycles. The molecule has 0 saturated carbocycles. The highest BCUT2D eigenvalue weighted by Crippen LogP contribution is 2.22. The first-order valence-electron chi connectivity index (χ1n) is 8.27. The molecule has 3 rings (SSSR count). The molecule has 144 valence electrons. The monoisotopic (exact) mass is 386 g/mol. The van der Waals surface area contributed by atoms with Crippen molar-refractivity contribution in [3.05, 3.63) is 87.7 Å². The lowest BCUT2D eigenvalue weighted by atomic mass is 10.0. The third kappa shape index (κ3) is 3.77. The molecule has 0 atom stereocenters. The predicted octanol–water partition coefficient (Wildman–Crippen LogP) is 2.30. The Hall–Kier alpha value is -3.52. The van der Waals surface area contributed by atoms with Crippen LogP contribution >= 0.6 is 0 Å². The highest BCUT2D eigenvalue weighted by Gasteiger charge is 2.20. The second kappa shape index (κ2) is 8.01. The minimum Gasteiger partial charge on any atom is -0.491 e. The van der Waals surface area contributed by atoms with E-state index in [1.54, 1.807) is 24.3 Å². The average Bonchev–Trinajstić information content (AvgIpc) is 2.67. The Balaban J connectivity index is 2.03. The van der Waals surface area contributed by atoms with Crippen molar-refractivity contribution in [1.82, 2.24) is 4.57 Å². The largest absolute Gasteiger partial charge is 0.491 e. The van der Waals surface area contributed by atoms with Crippen LogP contribution in [0.15, 0.2) is 59.4 Å². The molecule has 1 aromatic heterocycles. The van der Waals surface area contributed by atoms with Crippen molar-refractivity contribution < 1.29 is 23.4 Å². The first kappa shape index (κ1) is 19.2. The fourth-order valence-electron chi connectivity index (χ4n) is 2.69. The van der Waals surface area contributed by atoms with E-state index >= 15 is 0 Å². The van der Waals surface area contributed by atoms with Gasteiger partial charge < -0.3 is 15.6 Å². The third-order valence-electron chi connectivity index (χ3n) is 4.01. The minimum absolute atomic E-state index is 0.0919. The van der Waals surface area contributed by atoms with Crippen molar-refractivity contribution in [2.24, 2.45) is 0 Å². The number of carbonyl (C=O) groups excluding carboxylic acids is 1. The zero-order valence-corrected chi connectivity index (χ0v) is 14.6. The van der Waals surface area contributed by atoms with Gasteiger partial charge in [-0.05, 0) is 42.5 Å². The van der Waals surface area contributed by atoms with Gasteiger partial charge in [0.15, 0.2) is 5.78 Å². The zero-order valence-electron chi connectivity index (χ0n) is 14.6. The van der Waals surface area contributed by atoms with Crippen molar-refractivity contribution in [3.8, 4) is 11.4 Å². The van der Waals surface area contributed by atoms with Gasteiger partial charge >= 0.3 is 0 Å². The van der Waals surface area contributed by atoms with E-state index in [0.29, 0.717) is 17.5 Å². The number of aliphatic hydroxyl groups is 1. The van der Waals surface area contributed by atoms with Gasteiger partial charge in [-0.15, -0.1) is 0 Å². The summed E-state index contributed by atoms with van der Waals surface area (Å²) in [6.45, 7) is -0.0209. The van der Waals surface area contributed by atoms with E-state index in [4.69, 9.17) is 15.6 Å². The molecule has 0 aliphatic carbocycles. The number of hydrogen-bond donors (Lipinski definition) is 2. The number of nitrogen functional groups attached to an aromatic ring is 1. The summed E-state index contributed by atoms with van der Waals surface area (Å²) in [6.07, 6.45) is 0. The maximum absolute atomic E-state index is 14.0. The molecule has 0 spiro atoms. The molecule has 8 heteroatoms. The molecule has 0 aliphatic heterocycles. The average molecular weight is 386 g/mol. The molecule has 28 heavy (non-hydrogen) atoms. The first-order valence-corrected chi connectivity index (χ1v) is 8.27. The number of nitrogens with zero attached hydrogens (tertiary/aromatic N) is 1. The van der Waals surface area contributed by atoms with E-state index in [0.717, 1.165) is 22.8 Å². The Morgan fingerprint density at radius 1 is 1.04 bits per heavy atom. The maximum atomic E-state index is 14.0. The molecular weight excluding hydrogens is 370 g/mol. The number of rotatable bonds is 6. The third-order valence-corrected chi connectivity index (χ3v) is 4.01. The molecule has 0 unspecified atom stereocenters. The Bertz CT molecular complexity index is 1080. The lowest BCUT2D eigenvalue weighted by Gasteiger charge is -2.14. The summed E-state index contributed by atoms with van der Waals surface area (Å²) in [4.78, 5) is 25.0. The van der Waals surface area contributed by atoms with Crippen LogP contribution in [0.25, 0.3) is 5.69 Å². The summed E-state index contributed by atoms with van der Waals surface area (Å²) in [5.74, 6) is -2.30. The molecular formula is C20H16F2N2O4. The lowest BCUT2D eigenvalue weighted by molar-refractivity contribution is 0.103. The van der Waals surface area contributed by atoms with Gasteiger partial charge in [-0.3, -0.25) is 14.2 Å². The number of aliphatic hydroxyl groups excluding tert-OH is 1. The van der Waals surface area contributed by atoms with Crippen LogP contribution in [-0.2, 0) is 0 Å². The van der Waals surface area contributed by atoms with Gasteiger partial charge in [0, 0.05) is 12.1 Å². The van der Waals surface area contributed by atoms with Gasteiger partial charge in [0.1, 0.15) is 29.8 Å². The summed E-state index contributed by atoms with van der Waals surface area (Å²) in [7, 11) is 0. The summed E-state index contributed by atoms with van der Waals surface area (Å²) < 4.78 is 33.4. The maximum Gasteiger partial charge on any atom is 0.256 e. The zero-order chi connectivity index (χ0) is 20.3. The summed E-state index contributed by atoms with van der Waals surface area (Å²) in [5.41, 5.74) is 5.47. The van der Waals surface area contributed by atoms with Crippen LogP contribution in [0.4, 0.5) is 14.6 Å². The number of halogens is 2. The Morgan fingerprint density at radius 3 is 2.36 bits per heavy atom. The SMILES string of the molecule is Nc1c(C(=O)c2ccc(F)cc2F)ccc(=O)n1-c1ccc(OCCO)cc1. The number of ketones is 1. The second-order valence-corrected chi connectivity index (χ2v) is 5.83. The Labute approximate surface area is 158 Å². The van der Waals surface area contributed by atoms with Crippen LogP contribution in [0, 0.1) is 11.6 Å². The van der Waals surface area contributed by atoms with E-state index in [1.807, 2.05) is 0 Å². The summed E-state index contributed by atoms with van der Waals surface area (Å²) >= 11 is 0. The van der Waals surface area contributed by atoms with Gasteiger partial charge in [-0.25, -0.2) is 8.78 Å². The number of anilines is 1. The topological polar surface area (TPSA) is 94.6 Å². The number of carbonyl (C=O) groups is 1. The Kier molecular flexibility index (Phi) is 5.51. The molecule has 0 radical (unpaired) electrons.